The Labute approximate surface area is 224 Å². The van der Waals surface area contributed by atoms with Gasteiger partial charge in [0.2, 0.25) is 0 Å². The van der Waals surface area contributed by atoms with Crippen molar-refractivity contribution in [3.05, 3.63) is 39.8 Å². The van der Waals surface area contributed by atoms with E-state index >= 15 is 0 Å². The van der Waals surface area contributed by atoms with E-state index in [1.807, 2.05) is 23.7 Å². The molecule has 3 saturated heterocycles. The van der Waals surface area contributed by atoms with Crippen molar-refractivity contribution in [2.45, 2.75) is 83.8 Å². The number of likely N-dealkylation sites (tertiary alicyclic amines) is 2. The Morgan fingerprint density at radius 2 is 1.76 bits per heavy atom. The standard InChI is InChI=1S/C30H41N5O3/c1-19-15-23(33-10-5-4-6-11-33)7-12-34(21(19)3)30(37)24-17-25-27(16-20(24)2)32-29(36)26-18-31-35(28(25)26)22-8-13-38-14-9-22/h16-19,21-23H,4-15H2,1-3H3,(H,32,36). The van der Waals surface area contributed by atoms with Gasteiger partial charge in [0.05, 0.1) is 28.7 Å². The van der Waals surface area contributed by atoms with E-state index in [4.69, 9.17) is 4.74 Å². The summed E-state index contributed by atoms with van der Waals surface area (Å²) in [6, 6.07) is 4.89. The molecule has 0 aliphatic carbocycles. The van der Waals surface area contributed by atoms with Gasteiger partial charge in [-0.25, -0.2) is 0 Å². The van der Waals surface area contributed by atoms with Crippen molar-refractivity contribution in [3.8, 4) is 0 Å². The van der Waals surface area contributed by atoms with Gasteiger partial charge in [-0.05, 0) is 89.1 Å². The molecular weight excluding hydrogens is 478 g/mol. The Morgan fingerprint density at radius 3 is 2.53 bits per heavy atom. The van der Waals surface area contributed by atoms with Crippen LogP contribution in [0.1, 0.15) is 80.8 Å². The van der Waals surface area contributed by atoms with Crippen LogP contribution in [0.2, 0.25) is 0 Å². The van der Waals surface area contributed by atoms with Crippen molar-refractivity contribution in [2.75, 3.05) is 32.8 Å². The molecule has 3 atom stereocenters. The number of amides is 1. The predicted molar refractivity (Wildman–Crippen MR) is 150 cm³/mol. The molecule has 8 nitrogen and oxygen atoms in total. The van der Waals surface area contributed by atoms with Crippen molar-refractivity contribution in [3.63, 3.8) is 0 Å². The number of hydrogen-bond acceptors (Lipinski definition) is 5. The molecule has 1 aromatic carbocycles. The Bertz CT molecular complexity index is 1380. The summed E-state index contributed by atoms with van der Waals surface area (Å²) in [7, 11) is 0. The third-order valence-electron chi connectivity index (χ3n) is 9.51. The fourth-order valence-electron chi connectivity index (χ4n) is 7.03. The summed E-state index contributed by atoms with van der Waals surface area (Å²) >= 11 is 0. The molecule has 1 N–H and O–H groups in total. The third kappa shape index (κ3) is 4.56. The van der Waals surface area contributed by atoms with Crippen LogP contribution in [-0.2, 0) is 4.74 Å². The average molecular weight is 520 g/mol. The van der Waals surface area contributed by atoms with Crippen molar-refractivity contribution in [2.24, 2.45) is 5.92 Å². The van der Waals surface area contributed by atoms with Crippen molar-refractivity contribution >= 4 is 27.7 Å². The van der Waals surface area contributed by atoms with Gasteiger partial charge in [-0.15, -0.1) is 0 Å². The first-order valence-corrected chi connectivity index (χ1v) is 14.6. The topological polar surface area (TPSA) is 83.5 Å². The van der Waals surface area contributed by atoms with Crippen molar-refractivity contribution in [1.82, 2.24) is 24.6 Å². The van der Waals surface area contributed by atoms with Crippen LogP contribution in [0.3, 0.4) is 0 Å². The van der Waals surface area contributed by atoms with E-state index in [2.05, 4.69) is 33.7 Å². The van der Waals surface area contributed by atoms with E-state index in [1.54, 1.807) is 6.20 Å². The first-order chi connectivity index (χ1) is 18.4. The highest BCUT2D eigenvalue weighted by Gasteiger charge is 2.34. The molecule has 2 aromatic heterocycles. The molecule has 0 spiro atoms. The van der Waals surface area contributed by atoms with E-state index < -0.39 is 0 Å². The van der Waals surface area contributed by atoms with Crippen LogP contribution in [0, 0.1) is 12.8 Å². The summed E-state index contributed by atoms with van der Waals surface area (Å²) in [6.45, 7) is 11.1. The molecule has 3 fully saturated rings. The molecule has 3 unspecified atom stereocenters. The summed E-state index contributed by atoms with van der Waals surface area (Å²) in [5.74, 6) is 0.534. The SMILES string of the molecule is Cc1cc2[nH]c(=O)c3cnn(C4CCOCC4)c3c2cc1C(=O)N1CCC(N2CCCCC2)CC(C)C1C. The maximum atomic E-state index is 14.2. The van der Waals surface area contributed by atoms with Crippen LogP contribution in [-0.4, -0.2) is 75.4 Å². The quantitative estimate of drug-likeness (QED) is 0.545. The zero-order valence-electron chi connectivity index (χ0n) is 23.0. The number of benzene rings is 1. The molecule has 38 heavy (non-hydrogen) atoms. The highest BCUT2D eigenvalue weighted by Crippen LogP contribution is 2.32. The van der Waals surface area contributed by atoms with Crippen LogP contribution in [0.5, 0.6) is 0 Å². The molecule has 6 rings (SSSR count). The highest BCUT2D eigenvalue weighted by atomic mass is 16.5. The molecule has 3 aromatic rings. The summed E-state index contributed by atoms with van der Waals surface area (Å²) in [4.78, 5) is 34.9. The molecule has 3 aliphatic rings. The number of pyridine rings is 1. The molecule has 1 amide bonds. The molecule has 8 heteroatoms. The van der Waals surface area contributed by atoms with Gasteiger partial charge >= 0.3 is 0 Å². The second-order valence-corrected chi connectivity index (χ2v) is 11.9. The lowest BCUT2D eigenvalue weighted by Crippen LogP contribution is -2.41. The second kappa shape index (κ2) is 10.5. The Morgan fingerprint density at radius 1 is 1.00 bits per heavy atom. The van der Waals surface area contributed by atoms with E-state index in [1.165, 1.54) is 32.4 Å². The van der Waals surface area contributed by atoms with Crippen molar-refractivity contribution < 1.29 is 9.53 Å². The fraction of sp³-hybridized carbons (Fsp3) is 0.633. The number of ether oxygens (including phenoxy) is 1. The Balaban J connectivity index is 1.37. The summed E-state index contributed by atoms with van der Waals surface area (Å²) in [6.07, 6.45) is 9.50. The van der Waals surface area contributed by atoms with E-state index in [9.17, 15) is 9.59 Å². The molecular formula is C30H41N5O3. The van der Waals surface area contributed by atoms with E-state index in [0.29, 0.717) is 30.6 Å². The smallest absolute Gasteiger partial charge is 0.259 e. The third-order valence-corrected chi connectivity index (χ3v) is 9.51. The lowest BCUT2D eigenvalue weighted by Gasteiger charge is -2.35. The minimum Gasteiger partial charge on any atom is -0.381 e. The first kappa shape index (κ1) is 25.6. The Hall–Kier alpha value is -2.71. The number of piperidine rings is 1. The number of carbonyl (C=O) groups excluding carboxylic acids is 1. The van der Waals surface area contributed by atoms with Gasteiger partial charge in [-0.1, -0.05) is 13.3 Å². The molecule has 5 heterocycles. The predicted octanol–water partition coefficient (Wildman–Crippen LogP) is 4.65. The minimum atomic E-state index is -0.136. The van der Waals surface area contributed by atoms with Crippen LogP contribution < -0.4 is 5.56 Å². The van der Waals surface area contributed by atoms with E-state index in [0.717, 1.165) is 59.8 Å². The molecule has 0 radical (unpaired) electrons. The van der Waals surface area contributed by atoms with Crippen LogP contribution >= 0.6 is 0 Å². The number of aryl methyl sites for hydroxylation is 1. The number of aromatic amines is 1. The summed E-state index contributed by atoms with van der Waals surface area (Å²) in [5, 5.41) is 6.11. The van der Waals surface area contributed by atoms with Gasteiger partial charge in [0, 0.05) is 42.8 Å². The largest absolute Gasteiger partial charge is 0.381 e. The number of aromatic nitrogens is 3. The van der Waals surface area contributed by atoms with Gasteiger partial charge < -0.3 is 19.5 Å². The average Bonchev–Trinajstić information content (AvgIpc) is 3.33. The van der Waals surface area contributed by atoms with Gasteiger partial charge in [0.25, 0.3) is 11.5 Å². The zero-order chi connectivity index (χ0) is 26.4. The minimum absolute atomic E-state index is 0.0968. The van der Waals surface area contributed by atoms with Gasteiger partial charge in [-0.3, -0.25) is 14.3 Å². The summed E-state index contributed by atoms with van der Waals surface area (Å²) < 4.78 is 7.57. The normalized spacial score (nSPS) is 26.2. The summed E-state index contributed by atoms with van der Waals surface area (Å²) in [5.41, 5.74) is 3.07. The maximum absolute atomic E-state index is 14.2. The fourth-order valence-corrected chi connectivity index (χ4v) is 7.03. The van der Waals surface area contributed by atoms with Gasteiger partial charge in [0.15, 0.2) is 0 Å². The number of nitrogens with one attached hydrogen (secondary N) is 1. The molecule has 0 saturated carbocycles. The van der Waals surface area contributed by atoms with Crippen LogP contribution in [0.25, 0.3) is 21.8 Å². The van der Waals surface area contributed by atoms with Crippen LogP contribution in [0.15, 0.2) is 23.1 Å². The number of nitrogens with zero attached hydrogens (tertiary/aromatic N) is 4. The van der Waals surface area contributed by atoms with Gasteiger partial charge in [0.1, 0.15) is 0 Å². The monoisotopic (exact) mass is 519 g/mol. The van der Waals surface area contributed by atoms with Crippen LogP contribution in [0.4, 0.5) is 0 Å². The number of hydrogen-bond donors (Lipinski definition) is 1. The lowest BCUT2D eigenvalue weighted by molar-refractivity contribution is 0.0659. The number of carbonyl (C=O) groups is 1. The van der Waals surface area contributed by atoms with Crippen molar-refractivity contribution in [1.29, 1.82) is 0 Å². The number of H-pyrrole nitrogens is 1. The second-order valence-electron chi connectivity index (χ2n) is 11.9. The zero-order valence-corrected chi connectivity index (χ0v) is 23.0. The molecule has 0 bridgehead atoms. The first-order valence-electron chi connectivity index (χ1n) is 14.6. The number of fused-ring (bicyclic) bond motifs is 3. The number of rotatable bonds is 3. The highest BCUT2D eigenvalue weighted by molar-refractivity contribution is 6.07. The van der Waals surface area contributed by atoms with E-state index in [-0.39, 0.29) is 23.6 Å². The Kier molecular flexibility index (Phi) is 7.03. The maximum Gasteiger partial charge on any atom is 0.259 e. The molecule has 3 aliphatic heterocycles. The van der Waals surface area contributed by atoms with Gasteiger partial charge in [-0.2, -0.15) is 5.10 Å². The molecule has 204 valence electrons. The lowest BCUT2D eigenvalue weighted by atomic mass is 9.93.